The second-order valence-corrected chi connectivity index (χ2v) is 3.84. The summed E-state index contributed by atoms with van der Waals surface area (Å²) in [5, 5.41) is 8.93. The molecule has 1 N–H and O–H groups in total. The lowest BCUT2D eigenvalue weighted by atomic mass is 10.1. The lowest BCUT2D eigenvalue weighted by molar-refractivity contribution is 1.13. The van der Waals surface area contributed by atoms with Crippen molar-refractivity contribution in [2.45, 2.75) is 0 Å². The third kappa shape index (κ3) is 1.78. The summed E-state index contributed by atoms with van der Waals surface area (Å²) in [4.78, 5) is 5.00. The number of benzene rings is 1. The third-order valence-corrected chi connectivity index (χ3v) is 2.56. The van der Waals surface area contributed by atoms with Crippen LogP contribution in [0.5, 0.6) is 0 Å². The number of nitrogens with zero attached hydrogens (tertiary/aromatic N) is 2. The van der Waals surface area contributed by atoms with E-state index >= 15 is 0 Å². The Hall–Kier alpha value is -2.21. The highest BCUT2D eigenvalue weighted by Gasteiger charge is 2.05. The summed E-state index contributed by atoms with van der Waals surface area (Å²) < 4.78 is 0. The first kappa shape index (κ1) is 10.3. The third-order valence-electron chi connectivity index (χ3n) is 2.56. The van der Waals surface area contributed by atoms with Crippen molar-refractivity contribution in [3.63, 3.8) is 0 Å². The highest BCUT2D eigenvalue weighted by Crippen LogP contribution is 2.24. The van der Waals surface area contributed by atoms with E-state index in [-0.39, 0.29) is 0 Å². The van der Waals surface area contributed by atoms with Gasteiger partial charge in [-0.05, 0) is 17.7 Å². The lowest BCUT2D eigenvalue weighted by Gasteiger charge is -2.12. The molecule has 16 heavy (non-hydrogen) atoms. The Kier molecular flexibility index (Phi) is 2.65. The quantitative estimate of drug-likeness (QED) is 0.829. The molecule has 0 aliphatic carbocycles. The Bertz CT molecular complexity index is 515. The average Bonchev–Trinajstić information content (AvgIpc) is 2.77. The van der Waals surface area contributed by atoms with E-state index in [0.29, 0.717) is 5.56 Å². The molecule has 3 heteroatoms. The number of anilines is 1. The zero-order valence-electron chi connectivity index (χ0n) is 9.36. The summed E-state index contributed by atoms with van der Waals surface area (Å²) in [6.45, 7) is 0. The van der Waals surface area contributed by atoms with E-state index in [0.717, 1.165) is 16.8 Å². The molecule has 0 atom stereocenters. The van der Waals surface area contributed by atoms with Gasteiger partial charge in [-0.1, -0.05) is 12.1 Å². The Morgan fingerprint density at radius 1 is 1.12 bits per heavy atom. The summed E-state index contributed by atoms with van der Waals surface area (Å²) in [5.74, 6) is 0. The van der Waals surface area contributed by atoms with Crippen LogP contribution in [0.25, 0.3) is 11.1 Å². The number of rotatable bonds is 2. The first-order valence-corrected chi connectivity index (χ1v) is 5.07. The van der Waals surface area contributed by atoms with Crippen LogP contribution in [0.3, 0.4) is 0 Å². The van der Waals surface area contributed by atoms with Gasteiger partial charge in [0.2, 0.25) is 0 Å². The molecular formula is C13H13N3. The number of nitrogens with one attached hydrogen (secondary N) is 1. The van der Waals surface area contributed by atoms with Gasteiger partial charge in [-0.25, -0.2) is 0 Å². The van der Waals surface area contributed by atoms with Gasteiger partial charge in [-0.2, -0.15) is 5.26 Å². The molecule has 0 saturated carbocycles. The van der Waals surface area contributed by atoms with Crippen molar-refractivity contribution in [3.05, 3.63) is 42.2 Å². The molecule has 1 aromatic heterocycles. The molecule has 0 aliphatic rings. The molecule has 0 saturated heterocycles. The minimum atomic E-state index is 0.678. The van der Waals surface area contributed by atoms with Crippen LogP contribution in [-0.2, 0) is 0 Å². The monoisotopic (exact) mass is 211 g/mol. The van der Waals surface area contributed by atoms with Gasteiger partial charge in [0.1, 0.15) is 6.07 Å². The summed E-state index contributed by atoms with van der Waals surface area (Å²) in [7, 11) is 4.01. The molecule has 1 heterocycles. The van der Waals surface area contributed by atoms with E-state index in [1.165, 1.54) is 0 Å². The van der Waals surface area contributed by atoms with Crippen LogP contribution in [0.1, 0.15) is 5.56 Å². The number of aromatic amines is 1. The Balaban J connectivity index is 2.39. The van der Waals surface area contributed by atoms with Gasteiger partial charge in [0.05, 0.1) is 5.56 Å². The van der Waals surface area contributed by atoms with E-state index in [2.05, 4.69) is 11.1 Å². The fourth-order valence-electron chi connectivity index (χ4n) is 1.63. The molecule has 0 fully saturated rings. The number of hydrogen-bond donors (Lipinski definition) is 1. The summed E-state index contributed by atoms with van der Waals surface area (Å²) in [6, 6.07) is 10.3. The van der Waals surface area contributed by atoms with Gasteiger partial charge < -0.3 is 9.88 Å². The number of aromatic nitrogens is 1. The highest BCUT2D eigenvalue weighted by atomic mass is 15.1. The van der Waals surface area contributed by atoms with Crippen molar-refractivity contribution in [1.29, 1.82) is 5.26 Å². The SMILES string of the molecule is CN(C)c1ccc(-c2c[nH]cc2C#N)cc1. The fourth-order valence-corrected chi connectivity index (χ4v) is 1.63. The Labute approximate surface area is 94.9 Å². The van der Waals surface area contributed by atoms with Gasteiger partial charge in [-0.3, -0.25) is 0 Å². The first-order chi connectivity index (χ1) is 7.72. The van der Waals surface area contributed by atoms with E-state index < -0.39 is 0 Å². The van der Waals surface area contributed by atoms with Gasteiger partial charge in [-0.15, -0.1) is 0 Å². The summed E-state index contributed by atoms with van der Waals surface area (Å²) in [6.07, 6.45) is 3.57. The van der Waals surface area contributed by atoms with Crippen molar-refractivity contribution >= 4 is 5.69 Å². The van der Waals surface area contributed by atoms with Crippen LogP contribution in [0.15, 0.2) is 36.7 Å². The zero-order chi connectivity index (χ0) is 11.5. The Morgan fingerprint density at radius 2 is 1.81 bits per heavy atom. The van der Waals surface area contributed by atoms with Crippen LogP contribution >= 0.6 is 0 Å². The number of H-pyrrole nitrogens is 1. The predicted octanol–water partition coefficient (Wildman–Crippen LogP) is 2.62. The zero-order valence-corrected chi connectivity index (χ0v) is 9.36. The van der Waals surface area contributed by atoms with Crippen LogP contribution < -0.4 is 4.90 Å². The molecule has 0 unspecified atom stereocenters. The second kappa shape index (κ2) is 4.11. The van der Waals surface area contributed by atoms with Gasteiger partial charge >= 0.3 is 0 Å². The average molecular weight is 211 g/mol. The van der Waals surface area contributed by atoms with Gasteiger partial charge in [0.15, 0.2) is 0 Å². The van der Waals surface area contributed by atoms with Crippen molar-refractivity contribution in [2.75, 3.05) is 19.0 Å². The molecular weight excluding hydrogens is 198 g/mol. The molecule has 2 aromatic rings. The summed E-state index contributed by atoms with van der Waals surface area (Å²) in [5.41, 5.74) is 3.84. The molecule has 0 radical (unpaired) electrons. The second-order valence-electron chi connectivity index (χ2n) is 3.84. The van der Waals surface area contributed by atoms with Crippen LogP contribution in [-0.4, -0.2) is 19.1 Å². The lowest BCUT2D eigenvalue weighted by Crippen LogP contribution is -2.07. The van der Waals surface area contributed by atoms with E-state index in [9.17, 15) is 0 Å². The normalized spacial score (nSPS) is 9.81. The van der Waals surface area contributed by atoms with Crippen molar-refractivity contribution in [2.24, 2.45) is 0 Å². The smallest absolute Gasteiger partial charge is 0.101 e. The largest absolute Gasteiger partial charge is 0.378 e. The van der Waals surface area contributed by atoms with E-state index in [4.69, 9.17) is 5.26 Å². The van der Waals surface area contributed by atoms with Gasteiger partial charge in [0, 0.05) is 37.7 Å². The standard InChI is InChI=1S/C13H13N3/c1-16(2)12-5-3-10(4-6-12)13-9-15-8-11(13)7-14/h3-6,8-9,15H,1-2H3. The maximum Gasteiger partial charge on any atom is 0.101 e. The number of hydrogen-bond acceptors (Lipinski definition) is 2. The molecule has 1 aromatic carbocycles. The van der Waals surface area contributed by atoms with Gasteiger partial charge in [0.25, 0.3) is 0 Å². The van der Waals surface area contributed by atoms with E-state index in [1.54, 1.807) is 6.20 Å². The molecule has 2 rings (SSSR count). The topological polar surface area (TPSA) is 42.8 Å². The summed E-state index contributed by atoms with van der Waals surface area (Å²) >= 11 is 0. The number of nitriles is 1. The maximum absolute atomic E-state index is 8.93. The highest BCUT2D eigenvalue weighted by molar-refractivity contribution is 5.71. The first-order valence-electron chi connectivity index (χ1n) is 5.07. The molecule has 0 aliphatic heterocycles. The van der Waals surface area contributed by atoms with Crippen LogP contribution in [0.4, 0.5) is 5.69 Å². The predicted molar refractivity (Wildman–Crippen MR) is 65.3 cm³/mol. The molecule has 0 amide bonds. The maximum atomic E-state index is 8.93. The van der Waals surface area contributed by atoms with Crippen LogP contribution in [0.2, 0.25) is 0 Å². The van der Waals surface area contributed by atoms with Crippen molar-refractivity contribution in [1.82, 2.24) is 4.98 Å². The molecule has 0 spiro atoms. The fraction of sp³-hybridized carbons (Fsp3) is 0.154. The van der Waals surface area contributed by atoms with Crippen molar-refractivity contribution in [3.8, 4) is 17.2 Å². The minimum absolute atomic E-state index is 0.678. The molecule has 3 nitrogen and oxygen atoms in total. The van der Waals surface area contributed by atoms with Crippen molar-refractivity contribution < 1.29 is 0 Å². The minimum Gasteiger partial charge on any atom is -0.378 e. The Morgan fingerprint density at radius 3 is 2.38 bits per heavy atom. The molecule has 0 bridgehead atoms. The van der Waals surface area contributed by atoms with Crippen LogP contribution in [0, 0.1) is 11.3 Å². The van der Waals surface area contributed by atoms with E-state index in [1.807, 2.05) is 49.5 Å². The molecule has 80 valence electrons.